The summed E-state index contributed by atoms with van der Waals surface area (Å²) in [6.07, 6.45) is 0.171. The number of hydrogen-bond donors (Lipinski definition) is 3. The van der Waals surface area contributed by atoms with E-state index in [1.165, 1.54) is 0 Å². The lowest BCUT2D eigenvalue weighted by atomic mass is 10.0. The quantitative estimate of drug-likeness (QED) is 0.545. The summed E-state index contributed by atoms with van der Waals surface area (Å²) < 4.78 is 5.07. The fourth-order valence-corrected chi connectivity index (χ4v) is 2.47. The molecule has 27 heavy (non-hydrogen) atoms. The Kier molecular flexibility index (Phi) is 7.31. The third-order valence-electron chi connectivity index (χ3n) is 3.91. The Balaban J connectivity index is 1.78. The Morgan fingerprint density at radius 3 is 2.19 bits per heavy atom. The molecule has 0 aromatic heterocycles. The van der Waals surface area contributed by atoms with Crippen LogP contribution < -0.4 is 20.9 Å². The number of carbonyl (C=O) groups is 2. The van der Waals surface area contributed by atoms with Gasteiger partial charge in [-0.2, -0.15) is 0 Å². The minimum atomic E-state index is -0.341. The standard InChI is InChI=1S/C20H23N3O3S/c1-13(2)15-6-8-16(9-7-15)19(25)21-20(27)23-22-18(24)12-14-4-10-17(26-3)11-5-14/h4-11,13H,12H2,1-3H3,(H,22,24)(H2,21,23,25,27). The number of benzene rings is 2. The van der Waals surface area contributed by atoms with Crippen LogP contribution in [0.15, 0.2) is 48.5 Å². The van der Waals surface area contributed by atoms with Crippen molar-refractivity contribution in [1.82, 2.24) is 16.2 Å². The highest BCUT2D eigenvalue weighted by atomic mass is 32.1. The molecule has 142 valence electrons. The molecule has 0 unspecified atom stereocenters. The molecule has 2 aromatic carbocycles. The number of amides is 2. The summed E-state index contributed by atoms with van der Waals surface area (Å²) >= 11 is 5.04. The maximum Gasteiger partial charge on any atom is 0.257 e. The van der Waals surface area contributed by atoms with Gasteiger partial charge in [0, 0.05) is 5.56 Å². The molecule has 0 aliphatic heterocycles. The normalized spacial score (nSPS) is 10.2. The minimum absolute atomic E-state index is 0.0241. The van der Waals surface area contributed by atoms with Gasteiger partial charge in [0.25, 0.3) is 5.91 Å². The smallest absolute Gasteiger partial charge is 0.257 e. The van der Waals surface area contributed by atoms with Crippen LogP contribution in [0.1, 0.15) is 41.3 Å². The number of hydrogen-bond acceptors (Lipinski definition) is 4. The minimum Gasteiger partial charge on any atom is -0.497 e. The van der Waals surface area contributed by atoms with Gasteiger partial charge >= 0.3 is 0 Å². The van der Waals surface area contributed by atoms with E-state index < -0.39 is 0 Å². The lowest BCUT2D eigenvalue weighted by Gasteiger charge is -2.11. The zero-order chi connectivity index (χ0) is 19.8. The molecule has 2 aromatic rings. The van der Waals surface area contributed by atoms with Gasteiger partial charge in [0.1, 0.15) is 5.75 Å². The molecule has 0 heterocycles. The highest BCUT2D eigenvalue weighted by Gasteiger charge is 2.10. The van der Waals surface area contributed by atoms with E-state index in [2.05, 4.69) is 30.0 Å². The van der Waals surface area contributed by atoms with Crippen LogP contribution >= 0.6 is 12.2 Å². The van der Waals surface area contributed by atoms with Gasteiger partial charge in [-0.25, -0.2) is 0 Å². The molecule has 3 N–H and O–H groups in total. The first kappa shape index (κ1) is 20.4. The van der Waals surface area contributed by atoms with Gasteiger partial charge in [-0.3, -0.25) is 25.8 Å². The predicted octanol–water partition coefficient (Wildman–Crippen LogP) is 2.70. The summed E-state index contributed by atoms with van der Waals surface area (Å²) in [4.78, 5) is 24.1. The summed E-state index contributed by atoms with van der Waals surface area (Å²) in [7, 11) is 1.58. The number of rotatable bonds is 5. The van der Waals surface area contributed by atoms with Crippen LogP contribution in [-0.2, 0) is 11.2 Å². The molecule has 0 radical (unpaired) electrons. The Morgan fingerprint density at radius 1 is 1.00 bits per heavy atom. The maximum absolute atomic E-state index is 12.2. The molecule has 0 saturated heterocycles. The Bertz CT molecular complexity index is 802. The van der Waals surface area contributed by atoms with Crippen molar-refractivity contribution in [3.05, 3.63) is 65.2 Å². The molecule has 0 fully saturated rings. The van der Waals surface area contributed by atoms with Crippen LogP contribution in [0.2, 0.25) is 0 Å². The second-order valence-corrected chi connectivity index (χ2v) is 6.67. The van der Waals surface area contributed by atoms with Gasteiger partial charge in [0.2, 0.25) is 5.91 Å². The molecule has 0 spiro atoms. The van der Waals surface area contributed by atoms with Crippen molar-refractivity contribution in [2.45, 2.75) is 26.2 Å². The van der Waals surface area contributed by atoms with Crippen molar-refractivity contribution in [2.24, 2.45) is 0 Å². The van der Waals surface area contributed by atoms with Gasteiger partial charge in [0.05, 0.1) is 13.5 Å². The summed E-state index contributed by atoms with van der Waals surface area (Å²) in [5.74, 6) is 0.499. The van der Waals surface area contributed by atoms with E-state index in [4.69, 9.17) is 17.0 Å². The van der Waals surface area contributed by atoms with E-state index in [0.29, 0.717) is 11.5 Å². The molecule has 2 amide bonds. The molecule has 0 aliphatic rings. The average Bonchev–Trinajstić information content (AvgIpc) is 2.67. The Hall–Kier alpha value is -2.93. The highest BCUT2D eigenvalue weighted by Crippen LogP contribution is 2.14. The van der Waals surface area contributed by atoms with E-state index in [1.54, 1.807) is 43.5 Å². The number of carbonyl (C=O) groups excluding carboxylic acids is 2. The summed E-state index contributed by atoms with van der Waals surface area (Å²) in [6.45, 7) is 4.17. The molecule has 0 saturated carbocycles. The van der Waals surface area contributed by atoms with Gasteiger partial charge in [0.15, 0.2) is 5.11 Å². The fourth-order valence-electron chi connectivity index (χ4n) is 2.33. The van der Waals surface area contributed by atoms with Crippen LogP contribution in [0, 0.1) is 0 Å². The summed E-state index contributed by atoms with van der Waals surface area (Å²) in [5.41, 5.74) is 7.47. The number of hydrazine groups is 1. The van der Waals surface area contributed by atoms with Gasteiger partial charge in [-0.1, -0.05) is 38.1 Å². The van der Waals surface area contributed by atoms with Crippen molar-refractivity contribution < 1.29 is 14.3 Å². The Morgan fingerprint density at radius 2 is 1.63 bits per heavy atom. The largest absolute Gasteiger partial charge is 0.497 e. The number of thiocarbonyl (C=S) groups is 1. The van der Waals surface area contributed by atoms with Crippen molar-refractivity contribution >= 4 is 29.1 Å². The van der Waals surface area contributed by atoms with Crippen LogP contribution in [0.4, 0.5) is 0 Å². The van der Waals surface area contributed by atoms with Crippen molar-refractivity contribution in [1.29, 1.82) is 0 Å². The Labute approximate surface area is 164 Å². The molecule has 7 heteroatoms. The SMILES string of the molecule is COc1ccc(CC(=O)NNC(=S)NC(=O)c2ccc(C(C)C)cc2)cc1. The van der Waals surface area contributed by atoms with E-state index in [-0.39, 0.29) is 23.3 Å². The topological polar surface area (TPSA) is 79.5 Å². The van der Waals surface area contributed by atoms with Crippen LogP contribution in [0.25, 0.3) is 0 Å². The molecule has 0 bridgehead atoms. The first-order chi connectivity index (χ1) is 12.9. The van der Waals surface area contributed by atoms with E-state index in [1.807, 2.05) is 12.1 Å². The number of nitrogens with one attached hydrogen (secondary N) is 3. The predicted molar refractivity (Wildman–Crippen MR) is 109 cm³/mol. The fraction of sp³-hybridized carbons (Fsp3) is 0.250. The first-order valence-electron chi connectivity index (χ1n) is 8.52. The van der Waals surface area contributed by atoms with Crippen molar-refractivity contribution in [2.75, 3.05) is 7.11 Å². The van der Waals surface area contributed by atoms with E-state index >= 15 is 0 Å². The molecule has 6 nitrogen and oxygen atoms in total. The zero-order valence-electron chi connectivity index (χ0n) is 15.5. The molecular formula is C20H23N3O3S. The van der Waals surface area contributed by atoms with Crippen LogP contribution in [-0.4, -0.2) is 24.0 Å². The lowest BCUT2D eigenvalue weighted by molar-refractivity contribution is -0.121. The highest BCUT2D eigenvalue weighted by molar-refractivity contribution is 7.80. The van der Waals surface area contributed by atoms with Gasteiger partial charge < -0.3 is 4.74 Å². The van der Waals surface area contributed by atoms with E-state index in [0.717, 1.165) is 16.9 Å². The lowest BCUT2D eigenvalue weighted by Crippen LogP contribution is -2.48. The number of methoxy groups -OCH3 is 1. The van der Waals surface area contributed by atoms with Gasteiger partial charge in [-0.05, 0) is 53.5 Å². The molecule has 0 atom stereocenters. The summed E-state index contributed by atoms with van der Waals surface area (Å²) in [5, 5.41) is 2.55. The van der Waals surface area contributed by atoms with Crippen molar-refractivity contribution in [3.63, 3.8) is 0 Å². The molecule has 0 aliphatic carbocycles. The second kappa shape index (κ2) is 9.68. The van der Waals surface area contributed by atoms with Crippen LogP contribution in [0.3, 0.4) is 0 Å². The van der Waals surface area contributed by atoms with Crippen LogP contribution in [0.5, 0.6) is 5.75 Å². The average molecular weight is 385 g/mol. The second-order valence-electron chi connectivity index (χ2n) is 6.26. The van der Waals surface area contributed by atoms with Gasteiger partial charge in [-0.15, -0.1) is 0 Å². The third-order valence-corrected chi connectivity index (χ3v) is 4.11. The summed E-state index contributed by atoms with van der Waals surface area (Å²) in [6, 6.07) is 14.5. The molecular weight excluding hydrogens is 362 g/mol. The number of ether oxygens (including phenoxy) is 1. The third kappa shape index (κ3) is 6.38. The maximum atomic E-state index is 12.2. The monoisotopic (exact) mass is 385 g/mol. The van der Waals surface area contributed by atoms with Crippen molar-refractivity contribution in [3.8, 4) is 5.75 Å². The van der Waals surface area contributed by atoms with E-state index in [9.17, 15) is 9.59 Å². The first-order valence-corrected chi connectivity index (χ1v) is 8.93. The zero-order valence-corrected chi connectivity index (χ0v) is 16.4. The molecule has 2 rings (SSSR count).